The Bertz CT molecular complexity index is 209. The van der Waals surface area contributed by atoms with Crippen LogP contribution in [0.4, 0.5) is 0 Å². The molecule has 2 fully saturated rings. The summed E-state index contributed by atoms with van der Waals surface area (Å²) in [6, 6.07) is 0. The Morgan fingerprint density at radius 3 is 2.47 bits per heavy atom. The normalized spacial score (nSPS) is 40.1. The number of allylic oxidation sites excluding steroid dienone is 1. The third kappa shape index (κ3) is 2.98. The Kier molecular flexibility index (Phi) is 5.65. The predicted octanol–water partition coefficient (Wildman–Crippen LogP) is 5.22. The van der Waals surface area contributed by atoms with Gasteiger partial charge in [0.1, 0.15) is 0 Å². The van der Waals surface area contributed by atoms with Gasteiger partial charge in [-0.1, -0.05) is 68.4 Å². The van der Waals surface area contributed by atoms with Crippen LogP contribution in [0.25, 0.3) is 0 Å². The van der Waals surface area contributed by atoms with E-state index < -0.39 is 0 Å². The first kappa shape index (κ1) is 13.5. The first-order chi connectivity index (χ1) is 7.20. The number of hydrogen-bond acceptors (Lipinski definition) is 0. The maximum Gasteiger partial charge on any atom is 0.0175 e. The summed E-state index contributed by atoms with van der Waals surface area (Å²) in [4.78, 5) is 0. The average molecular weight is 320 g/mol. The molecule has 0 saturated heterocycles. The molecule has 0 aromatic heterocycles. The molecule has 2 aliphatic carbocycles. The number of hydrogen-bond donors (Lipinski definition) is 0. The van der Waals surface area contributed by atoms with E-state index in [1.807, 2.05) is 13.8 Å². The zero-order valence-electron chi connectivity index (χ0n) is 10.4. The molecule has 0 radical (unpaired) electrons. The van der Waals surface area contributed by atoms with Gasteiger partial charge >= 0.3 is 0 Å². The smallest absolute Gasteiger partial charge is 0.0175 e. The molecular weight excluding hydrogens is 295 g/mol. The van der Waals surface area contributed by atoms with Gasteiger partial charge < -0.3 is 0 Å². The van der Waals surface area contributed by atoms with E-state index in [-0.39, 0.29) is 0 Å². The predicted molar refractivity (Wildman–Crippen MR) is 77.5 cm³/mol. The van der Waals surface area contributed by atoms with Crippen molar-refractivity contribution in [2.75, 3.05) is 0 Å². The molecule has 2 rings (SSSR count). The maximum absolute atomic E-state index is 4.33. The monoisotopic (exact) mass is 320 g/mol. The van der Waals surface area contributed by atoms with Gasteiger partial charge in [-0.2, -0.15) is 0 Å². The van der Waals surface area contributed by atoms with Gasteiger partial charge in [0, 0.05) is 3.92 Å². The van der Waals surface area contributed by atoms with E-state index in [4.69, 9.17) is 0 Å². The quantitative estimate of drug-likeness (QED) is 0.326. The van der Waals surface area contributed by atoms with Gasteiger partial charge in [0.25, 0.3) is 0 Å². The highest BCUT2D eigenvalue weighted by atomic mass is 127. The van der Waals surface area contributed by atoms with E-state index in [0.29, 0.717) is 0 Å². The first-order valence-electron chi connectivity index (χ1n) is 6.53. The molecule has 4 atom stereocenters. The minimum atomic E-state index is 0.764. The van der Waals surface area contributed by atoms with Crippen molar-refractivity contribution in [3.8, 4) is 0 Å². The summed E-state index contributed by atoms with van der Waals surface area (Å²) < 4.78 is 0.851. The summed E-state index contributed by atoms with van der Waals surface area (Å²) in [6.45, 7) is 10.7. The summed E-state index contributed by atoms with van der Waals surface area (Å²) in [6.07, 6.45) is 7.25. The Morgan fingerprint density at radius 1 is 1.20 bits per heavy atom. The number of alkyl halides is 1. The Hall–Kier alpha value is 0.470. The minimum absolute atomic E-state index is 0.764. The highest BCUT2D eigenvalue weighted by Crippen LogP contribution is 2.47. The second-order valence-electron chi connectivity index (χ2n) is 4.77. The van der Waals surface area contributed by atoms with E-state index >= 15 is 0 Å². The van der Waals surface area contributed by atoms with E-state index in [1.54, 1.807) is 5.57 Å². The van der Waals surface area contributed by atoms with Gasteiger partial charge in [-0.15, -0.1) is 0 Å². The van der Waals surface area contributed by atoms with Crippen molar-refractivity contribution in [1.82, 2.24) is 0 Å². The van der Waals surface area contributed by atoms with Crippen LogP contribution in [0.15, 0.2) is 12.2 Å². The van der Waals surface area contributed by atoms with Crippen LogP contribution in [0.1, 0.15) is 52.9 Å². The fourth-order valence-electron chi connectivity index (χ4n) is 3.04. The fourth-order valence-corrected chi connectivity index (χ4v) is 4.16. The molecule has 0 aromatic carbocycles. The molecule has 1 heteroatoms. The van der Waals surface area contributed by atoms with Crippen LogP contribution in [-0.2, 0) is 0 Å². The van der Waals surface area contributed by atoms with E-state index in [9.17, 15) is 0 Å². The first-order valence-corrected chi connectivity index (χ1v) is 7.77. The standard InChI is InChI=1S/C12H19I.C2H6/c1-8-9(2)12(13)7-10-5-3-4-6-11(8)10;1-2/h9-12H,1,3-7H2,2H3;1-2H3. The van der Waals surface area contributed by atoms with E-state index in [0.717, 1.165) is 21.7 Å². The molecule has 2 saturated carbocycles. The highest BCUT2D eigenvalue weighted by molar-refractivity contribution is 14.1. The molecule has 15 heavy (non-hydrogen) atoms. The number of halogens is 1. The van der Waals surface area contributed by atoms with Crippen LogP contribution in [0.3, 0.4) is 0 Å². The molecule has 88 valence electrons. The summed E-state index contributed by atoms with van der Waals surface area (Å²) >= 11 is 2.63. The third-order valence-corrected chi connectivity index (χ3v) is 5.63. The molecule has 0 N–H and O–H groups in total. The molecule has 0 amide bonds. The molecule has 0 heterocycles. The molecule has 0 spiro atoms. The lowest BCUT2D eigenvalue weighted by Crippen LogP contribution is -2.34. The molecule has 0 bridgehead atoms. The summed E-state index contributed by atoms with van der Waals surface area (Å²) in [5, 5.41) is 0. The van der Waals surface area contributed by atoms with Crippen molar-refractivity contribution in [3.05, 3.63) is 12.2 Å². The topological polar surface area (TPSA) is 0 Å². The SMILES string of the molecule is C=C1C(C)C(I)CC2CCCCC12.CC. The molecule has 2 aliphatic rings. The Balaban J connectivity index is 0.000000531. The van der Waals surface area contributed by atoms with E-state index in [1.165, 1.54) is 32.1 Å². The molecular formula is C14H25I. The molecule has 4 unspecified atom stereocenters. The van der Waals surface area contributed by atoms with E-state index in [2.05, 4.69) is 36.1 Å². The van der Waals surface area contributed by atoms with Gasteiger partial charge in [-0.25, -0.2) is 0 Å². The summed E-state index contributed by atoms with van der Waals surface area (Å²) in [5.74, 6) is 2.63. The summed E-state index contributed by atoms with van der Waals surface area (Å²) in [7, 11) is 0. The van der Waals surface area contributed by atoms with Crippen LogP contribution >= 0.6 is 22.6 Å². The van der Waals surface area contributed by atoms with Gasteiger partial charge in [0.15, 0.2) is 0 Å². The van der Waals surface area contributed by atoms with Crippen LogP contribution in [-0.4, -0.2) is 3.92 Å². The molecule has 0 aromatic rings. The van der Waals surface area contributed by atoms with Gasteiger partial charge in [0.2, 0.25) is 0 Å². The zero-order chi connectivity index (χ0) is 11.4. The van der Waals surface area contributed by atoms with Crippen molar-refractivity contribution in [2.45, 2.75) is 56.8 Å². The maximum atomic E-state index is 4.33. The zero-order valence-corrected chi connectivity index (χ0v) is 12.6. The lowest BCUT2D eigenvalue weighted by Gasteiger charge is -2.42. The van der Waals surface area contributed by atoms with Crippen LogP contribution in [0.2, 0.25) is 0 Å². The van der Waals surface area contributed by atoms with Gasteiger partial charge in [-0.3, -0.25) is 0 Å². The van der Waals surface area contributed by atoms with Crippen molar-refractivity contribution in [2.24, 2.45) is 17.8 Å². The van der Waals surface area contributed by atoms with Crippen molar-refractivity contribution < 1.29 is 0 Å². The second kappa shape index (κ2) is 6.27. The number of fused-ring (bicyclic) bond motifs is 1. The Morgan fingerprint density at radius 2 is 1.80 bits per heavy atom. The van der Waals surface area contributed by atoms with Crippen LogP contribution in [0.5, 0.6) is 0 Å². The fraction of sp³-hybridized carbons (Fsp3) is 0.857. The van der Waals surface area contributed by atoms with Crippen molar-refractivity contribution in [3.63, 3.8) is 0 Å². The van der Waals surface area contributed by atoms with Crippen LogP contribution in [0, 0.1) is 17.8 Å². The third-order valence-electron chi connectivity index (χ3n) is 4.04. The van der Waals surface area contributed by atoms with Gasteiger partial charge in [0.05, 0.1) is 0 Å². The lowest BCUT2D eigenvalue weighted by atomic mass is 9.65. The second-order valence-corrected chi connectivity index (χ2v) is 6.37. The molecule has 0 aliphatic heterocycles. The van der Waals surface area contributed by atoms with Crippen molar-refractivity contribution >= 4 is 22.6 Å². The highest BCUT2D eigenvalue weighted by Gasteiger charge is 2.37. The summed E-state index contributed by atoms with van der Waals surface area (Å²) in [5.41, 5.74) is 1.57. The van der Waals surface area contributed by atoms with Crippen LogP contribution < -0.4 is 0 Å². The van der Waals surface area contributed by atoms with Gasteiger partial charge in [-0.05, 0) is 37.0 Å². The Labute approximate surface area is 109 Å². The minimum Gasteiger partial charge on any atom is -0.0993 e. The van der Waals surface area contributed by atoms with Crippen molar-refractivity contribution in [1.29, 1.82) is 0 Å². The lowest BCUT2D eigenvalue weighted by molar-refractivity contribution is 0.208. The average Bonchev–Trinajstić information content (AvgIpc) is 2.29. The molecule has 0 nitrogen and oxygen atoms in total. The largest absolute Gasteiger partial charge is 0.0993 e. The number of rotatable bonds is 0.